The Morgan fingerprint density at radius 1 is 1.33 bits per heavy atom. The zero-order valence-corrected chi connectivity index (χ0v) is 16.0. The number of amides is 1. The van der Waals surface area contributed by atoms with Crippen molar-refractivity contribution in [3.05, 3.63) is 53.2 Å². The van der Waals surface area contributed by atoms with Crippen LogP contribution in [0.3, 0.4) is 0 Å². The Bertz CT molecular complexity index is 963. The average molecular weight is 385 g/mol. The quantitative estimate of drug-likeness (QED) is 0.740. The molecule has 0 spiro atoms. The summed E-state index contributed by atoms with van der Waals surface area (Å²) in [5, 5.41) is 16.1. The van der Waals surface area contributed by atoms with E-state index in [4.69, 9.17) is 11.6 Å². The lowest BCUT2D eigenvalue weighted by atomic mass is 10.1. The average Bonchev–Trinajstić information content (AvgIpc) is 3.39. The van der Waals surface area contributed by atoms with E-state index in [1.54, 1.807) is 12.4 Å². The molecule has 0 radical (unpaired) electrons. The smallest absolute Gasteiger partial charge is 0.272 e. The van der Waals surface area contributed by atoms with Crippen LogP contribution in [0, 0.1) is 0 Å². The number of carbonyl (C=O) groups is 1. The van der Waals surface area contributed by atoms with Crippen LogP contribution >= 0.6 is 11.6 Å². The van der Waals surface area contributed by atoms with Crippen molar-refractivity contribution in [3.63, 3.8) is 0 Å². The van der Waals surface area contributed by atoms with Crippen molar-refractivity contribution in [2.45, 2.75) is 38.8 Å². The topological polar surface area (TPSA) is 79.7 Å². The zero-order chi connectivity index (χ0) is 19.0. The molecule has 2 aromatic heterocycles. The normalized spacial score (nSPS) is 17.0. The van der Waals surface area contributed by atoms with E-state index in [9.17, 15) is 4.79 Å². The monoisotopic (exact) mass is 384 g/mol. The molecule has 140 valence electrons. The predicted octanol–water partition coefficient (Wildman–Crippen LogP) is 3.88. The summed E-state index contributed by atoms with van der Waals surface area (Å²) in [6.07, 6.45) is 3.54. The van der Waals surface area contributed by atoms with Crippen LogP contribution in [0.15, 0.2) is 36.7 Å². The first-order valence-corrected chi connectivity index (χ1v) is 9.44. The molecule has 8 heteroatoms. The van der Waals surface area contributed by atoms with E-state index in [2.05, 4.69) is 34.2 Å². The van der Waals surface area contributed by atoms with E-state index < -0.39 is 0 Å². The lowest BCUT2D eigenvalue weighted by molar-refractivity contribution is 0.0720. The Morgan fingerprint density at radius 3 is 2.93 bits per heavy atom. The molecule has 3 aromatic rings. The molecule has 1 aliphatic rings. The third kappa shape index (κ3) is 3.23. The van der Waals surface area contributed by atoms with Crippen molar-refractivity contribution in [1.82, 2.24) is 29.9 Å². The van der Waals surface area contributed by atoms with Crippen LogP contribution in [-0.2, 0) is 0 Å². The van der Waals surface area contributed by atoms with Gasteiger partial charge in [0.15, 0.2) is 5.82 Å². The highest BCUT2D eigenvalue weighted by Crippen LogP contribution is 2.33. The number of carbonyl (C=O) groups excluding carboxylic acids is 1. The second-order valence-electron chi connectivity index (χ2n) is 6.99. The fraction of sp³-hybridized carbons (Fsp3) is 0.368. The van der Waals surface area contributed by atoms with Crippen molar-refractivity contribution in [2.75, 3.05) is 6.54 Å². The van der Waals surface area contributed by atoms with Gasteiger partial charge < -0.3 is 9.47 Å². The maximum absolute atomic E-state index is 13.1. The van der Waals surface area contributed by atoms with Gasteiger partial charge in [0, 0.05) is 18.2 Å². The number of nitrogens with one attached hydrogen (secondary N) is 1. The number of halogens is 1. The molecular weight excluding hydrogens is 364 g/mol. The Labute approximate surface area is 162 Å². The Morgan fingerprint density at radius 2 is 2.15 bits per heavy atom. The van der Waals surface area contributed by atoms with Crippen LogP contribution in [0.1, 0.15) is 55.1 Å². The van der Waals surface area contributed by atoms with Crippen molar-refractivity contribution in [3.8, 4) is 11.3 Å². The summed E-state index contributed by atoms with van der Waals surface area (Å²) in [6, 6.07) is 9.38. The summed E-state index contributed by atoms with van der Waals surface area (Å²) in [7, 11) is 0. The molecule has 4 rings (SSSR count). The van der Waals surface area contributed by atoms with E-state index in [1.807, 2.05) is 33.7 Å². The van der Waals surface area contributed by atoms with Crippen LogP contribution in [0.2, 0.25) is 5.02 Å². The molecular formula is C19H21ClN6O. The lowest BCUT2D eigenvalue weighted by Gasteiger charge is -2.24. The van der Waals surface area contributed by atoms with Gasteiger partial charge in [0.25, 0.3) is 5.91 Å². The number of nitrogens with zero attached hydrogens (tertiary/aromatic N) is 5. The molecule has 7 nitrogen and oxygen atoms in total. The molecule has 1 saturated heterocycles. The predicted molar refractivity (Wildman–Crippen MR) is 102 cm³/mol. The summed E-state index contributed by atoms with van der Waals surface area (Å²) in [4.78, 5) is 15.0. The largest absolute Gasteiger partial charge is 0.327 e. The summed E-state index contributed by atoms with van der Waals surface area (Å²) in [5.74, 6) is 0.753. The van der Waals surface area contributed by atoms with Gasteiger partial charge in [-0.15, -0.1) is 10.2 Å². The van der Waals surface area contributed by atoms with Gasteiger partial charge in [-0.3, -0.25) is 9.89 Å². The third-order valence-electron chi connectivity index (χ3n) is 4.93. The fourth-order valence-corrected chi connectivity index (χ4v) is 3.79. The number of hydrogen-bond donors (Lipinski definition) is 1. The summed E-state index contributed by atoms with van der Waals surface area (Å²) >= 11 is 6.25. The number of H-pyrrole nitrogens is 1. The molecule has 1 aromatic carbocycles. The highest BCUT2D eigenvalue weighted by atomic mass is 35.5. The van der Waals surface area contributed by atoms with Gasteiger partial charge in [0.05, 0.1) is 16.8 Å². The first-order chi connectivity index (χ1) is 13.1. The van der Waals surface area contributed by atoms with Gasteiger partial charge in [-0.25, -0.2) is 0 Å². The number of aromatic nitrogens is 5. The van der Waals surface area contributed by atoms with Crippen LogP contribution in [0.5, 0.6) is 0 Å². The minimum absolute atomic E-state index is 0.0746. The van der Waals surface area contributed by atoms with Crippen molar-refractivity contribution in [2.24, 2.45) is 0 Å². The third-order valence-corrected chi connectivity index (χ3v) is 5.26. The molecule has 0 bridgehead atoms. The van der Waals surface area contributed by atoms with Crippen LogP contribution < -0.4 is 0 Å². The minimum Gasteiger partial charge on any atom is -0.327 e. The molecule has 1 N–H and O–H groups in total. The zero-order valence-electron chi connectivity index (χ0n) is 15.3. The molecule has 3 heterocycles. The van der Waals surface area contributed by atoms with Gasteiger partial charge in [0.2, 0.25) is 0 Å². The lowest BCUT2D eigenvalue weighted by Crippen LogP contribution is -2.32. The Kier molecular flexibility index (Phi) is 4.70. The number of hydrogen-bond acceptors (Lipinski definition) is 4. The SMILES string of the molecule is CC(C)n1cnnc1C1CCCN1C(=O)c1cc(-c2ccccc2Cl)n[nH]1. The van der Waals surface area contributed by atoms with Gasteiger partial charge in [0.1, 0.15) is 12.0 Å². The fourth-order valence-electron chi connectivity index (χ4n) is 3.56. The van der Waals surface area contributed by atoms with E-state index in [0.717, 1.165) is 24.2 Å². The number of aromatic amines is 1. The van der Waals surface area contributed by atoms with Crippen molar-refractivity contribution < 1.29 is 4.79 Å². The van der Waals surface area contributed by atoms with E-state index in [1.165, 1.54) is 0 Å². The standard InChI is InChI=1S/C19H21ClN6O/c1-12(2)26-11-21-24-18(26)17-8-5-9-25(17)19(27)16-10-15(22-23-16)13-6-3-4-7-14(13)20/h3-4,6-7,10-12,17H,5,8-9H2,1-2H3,(H,22,23). The van der Waals surface area contributed by atoms with Gasteiger partial charge in [-0.1, -0.05) is 29.8 Å². The first-order valence-electron chi connectivity index (χ1n) is 9.07. The summed E-state index contributed by atoms with van der Waals surface area (Å²) < 4.78 is 2.03. The number of benzene rings is 1. The molecule has 27 heavy (non-hydrogen) atoms. The second-order valence-corrected chi connectivity index (χ2v) is 7.40. The van der Waals surface area contributed by atoms with Crippen LogP contribution in [-0.4, -0.2) is 42.3 Å². The number of rotatable bonds is 4. The van der Waals surface area contributed by atoms with E-state index in [0.29, 0.717) is 23.0 Å². The second kappa shape index (κ2) is 7.15. The molecule has 0 saturated carbocycles. The van der Waals surface area contributed by atoms with Gasteiger partial charge in [-0.2, -0.15) is 5.10 Å². The van der Waals surface area contributed by atoms with Crippen molar-refractivity contribution in [1.29, 1.82) is 0 Å². The van der Waals surface area contributed by atoms with Crippen LogP contribution in [0.25, 0.3) is 11.3 Å². The van der Waals surface area contributed by atoms with Gasteiger partial charge >= 0.3 is 0 Å². The maximum Gasteiger partial charge on any atom is 0.272 e. The Balaban J connectivity index is 1.61. The molecule has 0 aliphatic carbocycles. The van der Waals surface area contributed by atoms with Crippen molar-refractivity contribution >= 4 is 17.5 Å². The Hall–Kier alpha value is -2.67. The highest BCUT2D eigenvalue weighted by molar-refractivity contribution is 6.33. The maximum atomic E-state index is 13.1. The first kappa shape index (κ1) is 17.7. The van der Waals surface area contributed by atoms with Crippen LogP contribution in [0.4, 0.5) is 0 Å². The molecule has 1 fully saturated rings. The van der Waals surface area contributed by atoms with E-state index in [-0.39, 0.29) is 18.0 Å². The summed E-state index contributed by atoms with van der Waals surface area (Å²) in [5.41, 5.74) is 1.91. The molecule has 1 unspecified atom stereocenters. The molecule has 1 atom stereocenters. The highest BCUT2D eigenvalue weighted by Gasteiger charge is 2.35. The number of likely N-dealkylation sites (tertiary alicyclic amines) is 1. The van der Waals surface area contributed by atoms with E-state index >= 15 is 0 Å². The molecule has 1 aliphatic heterocycles. The summed E-state index contributed by atoms with van der Waals surface area (Å²) in [6.45, 7) is 4.85. The molecule has 1 amide bonds. The minimum atomic E-state index is -0.0818. The van der Waals surface area contributed by atoms with Gasteiger partial charge in [-0.05, 0) is 38.8 Å².